The minimum atomic E-state index is -0.349. The lowest BCUT2D eigenvalue weighted by molar-refractivity contribution is -0.115. The van der Waals surface area contributed by atoms with Gasteiger partial charge in [-0.1, -0.05) is 36.4 Å². The number of amides is 2. The van der Waals surface area contributed by atoms with Gasteiger partial charge in [0.25, 0.3) is 5.91 Å². The Morgan fingerprint density at radius 1 is 0.938 bits per heavy atom. The van der Waals surface area contributed by atoms with Gasteiger partial charge < -0.3 is 15.4 Å². The van der Waals surface area contributed by atoms with Crippen LogP contribution in [-0.2, 0) is 11.2 Å². The number of rotatable bonds is 7. The summed E-state index contributed by atoms with van der Waals surface area (Å²) in [5.41, 5.74) is 2.64. The number of thiocarbonyl (C=S) groups is 1. The van der Waals surface area contributed by atoms with Crippen molar-refractivity contribution in [2.24, 2.45) is 0 Å². The Kier molecular flexibility index (Phi) is 8.35. The molecule has 3 rings (SSSR count). The highest BCUT2D eigenvalue weighted by Gasteiger charge is 2.11. The van der Waals surface area contributed by atoms with Crippen molar-refractivity contribution in [2.45, 2.75) is 13.3 Å². The number of ether oxygens (including phenoxy) is 1. The van der Waals surface area contributed by atoms with E-state index in [2.05, 4.69) is 31.9 Å². The van der Waals surface area contributed by atoms with Gasteiger partial charge in [-0.3, -0.25) is 14.9 Å². The van der Waals surface area contributed by atoms with Crippen LogP contribution in [-0.4, -0.2) is 23.5 Å². The van der Waals surface area contributed by atoms with Crippen LogP contribution >= 0.6 is 28.1 Å². The normalized spacial score (nSPS) is 10.2. The van der Waals surface area contributed by atoms with E-state index >= 15 is 0 Å². The van der Waals surface area contributed by atoms with Gasteiger partial charge in [-0.2, -0.15) is 0 Å². The van der Waals surface area contributed by atoms with Crippen LogP contribution in [0.25, 0.3) is 0 Å². The molecule has 0 aliphatic carbocycles. The van der Waals surface area contributed by atoms with E-state index in [0.29, 0.717) is 33.8 Å². The summed E-state index contributed by atoms with van der Waals surface area (Å²) < 4.78 is 6.14. The summed E-state index contributed by atoms with van der Waals surface area (Å²) in [6.45, 7) is 2.42. The van der Waals surface area contributed by atoms with E-state index in [0.717, 1.165) is 5.56 Å². The monoisotopic (exact) mass is 511 g/mol. The van der Waals surface area contributed by atoms with Crippen LogP contribution in [0, 0.1) is 0 Å². The summed E-state index contributed by atoms with van der Waals surface area (Å²) in [6, 6.07) is 21.7. The molecule has 8 heteroatoms. The van der Waals surface area contributed by atoms with Crippen molar-refractivity contribution in [2.75, 3.05) is 17.2 Å². The van der Waals surface area contributed by atoms with E-state index in [1.165, 1.54) is 0 Å². The largest absolute Gasteiger partial charge is 0.493 e. The number of halogens is 1. The fraction of sp³-hybridized carbons (Fsp3) is 0.125. The minimum absolute atomic E-state index is 0.120. The SMILES string of the molecule is CCOc1ccc(C(=O)NC(=S)Nc2cccc(NC(=O)Cc3ccccc3)c2)cc1Br. The second-order valence-corrected chi connectivity index (χ2v) is 8.04. The fourth-order valence-electron chi connectivity index (χ4n) is 2.91. The average Bonchev–Trinajstić information content (AvgIpc) is 2.76. The molecule has 0 atom stereocenters. The smallest absolute Gasteiger partial charge is 0.257 e. The second-order valence-electron chi connectivity index (χ2n) is 6.78. The quantitative estimate of drug-likeness (QED) is 0.382. The van der Waals surface area contributed by atoms with Crippen LogP contribution in [0.4, 0.5) is 11.4 Å². The molecule has 0 saturated heterocycles. The van der Waals surface area contributed by atoms with Crippen molar-refractivity contribution in [3.63, 3.8) is 0 Å². The van der Waals surface area contributed by atoms with Crippen molar-refractivity contribution in [3.05, 3.63) is 88.4 Å². The first-order valence-electron chi connectivity index (χ1n) is 9.93. The Hall–Kier alpha value is -3.23. The predicted molar refractivity (Wildman–Crippen MR) is 134 cm³/mol. The molecular formula is C24H22BrN3O3S. The molecule has 0 saturated carbocycles. The number of carbonyl (C=O) groups is 2. The van der Waals surface area contributed by atoms with E-state index in [1.807, 2.05) is 37.3 Å². The highest BCUT2D eigenvalue weighted by Crippen LogP contribution is 2.26. The van der Waals surface area contributed by atoms with Gasteiger partial charge in [-0.25, -0.2) is 0 Å². The van der Waals surface area contributed by atoms with E-state index in [-0.39, 0.29) is 23.3 Å². The van der Waals surface area contributed by atoms with Crippen LogP contribution in [0.2, 0.25) is 0 Å². The maximum absolute atomic E-state index is 12.5. The molecule has 6 nitrogen and oxygen atoms in total. The Labute approximate surface area is 200 Å². The zero-order valence-electron chi connectivity index (χ0n) is 17.4. The summed E-state index contributed by atoms with van der Waals surface area (Å²) in [6.07, 6.45) is 0.282. The summed E-state index contributed by atoms with van der Waals surface area (Å²) in [4.78, 5) is 24.8. The lowest BCUT2D eigenvalue weighted by Crippen LogP contribution is -2.34. The van der Waals surface area contributed by atoms with Gasteiger partial charge in [0.15, 0.2) is 5.11 Å². The maximum Gasteiger partial charge on any atom is 0.257 e. The Bertz CT molecular complexity index is 1120. The van der Waals surface area contributed by atoms with E-state index in [9.17, 15) is 9.59 Å². The van der Waals surface area contributed by atoms with Crippen LogP contribution in [0.5, 0.6) is 5.75 Å². The Balaban J connectivity index is 1.56. The molecule has 0 heterocycles. The lowest BCUT2D eigenvalue weighted by atomic mass is 10.1. The highest BCUT2D eigenvalue weighted by molar-refractivity contribution is 9.10. The van der Waals surface area contributed by atoms with Crippen LogP contribution < -0.4 is 20.7 Å². The molecule has 2 amide bonds. The molecule has 0 spiro atoms. The Morgan fingerprint density at radius 3 is 2.34 bits per heavy atom. The van der Waals surface area contributed by atoms with Gasteiger partial charge in [0, 0.05) is 16.9 Å². The predicted octanol–water partition coefficient (Wildman–Crippen LogP) is 5.16. The molecule has 32 heavy (non-hydrogen) atoms. The molecule has 0 fully saturated rings. The van der Waals surface area contributed by atoms with Gasteiger partial charge in [0.05, 0.1) is 17.5 Å². The third-order valence-corrected chi connectivity index (χ3v) is 5.16. The molecule has 0 aliphatic rings. The topological polar surface area (TPSA) is 79.5 Å². The number of benzene rings is 3. The fourth-order valence-corrected chi connectivity index (χ4v) is 3.62. The Morgan fingerprint density at radius 2 is 1.66 bits per heavy atom. The average molecular weight is 512 g/mol. The van der Waals surface area contributed by atoms with Gasteiger partial charge in [0.2, 0.25) is 5.91 Å². The molecule has 0 unspecified atom stereocenters. The first kappa shape index (κ1) is 23.4. The van der Waals surface area contributed by atoms with Gasteiger partial charge >= 0.3 is 0 Å². The maximum atomic E-state index is 12.5. The van der Waals surface area contributed by atoms with Crippen molar-refractivity contribution >= 4 is 56.4 Å². The lowest BCUT2D eigenvalue weighted by Gasteiger charge is -2.12. The minimum Gasteiger partial charge on any atom is -0.493 e. The van der Waals surface area contributed by atoms with E-state index < -0.39 is 0 Å². The first-order chi connectivity index (χ1) is 15.4. The standard InChI is InChI=1S/C24H22BrN3O3S/c1-2-31-21-12-11-17(14-20(21)25)23(30)28-24(32)27-19-10-6-9-18(15-19)26-22(29)13-16-7-4-3-5-8-16/h3-12,14-15H,2,13H2,1H3,(H,26,29)(H2,27,28,30,32). The molecule has 0 aromatic heterocycles. The first-order valence-corrected chi connectivity index (χ1v) is 11.1. The highest BCUT2D eigenvalue weighted by atomic mass is 79.9. The summed E-state index contributed by atoms with van der Waals surface area (Å²) in [5, 5.41) is 8.62. The molecule has 3 aromatic carbocycles. The molecule has 0 bridgehead atoms. The van der Waals surface area contributed by atoms with Crippen LogP contribution in [0.15, 0.2) is 77.3 Å². The number of nitrogens with one attached hydrogen (secondary N) is 3. The molecule has 164 valence electrons. The van der Waals surface area contributed by atoms with Gasteiger partial charge in [-0.05, 0) is 77.0 Å². The number of hydrogen-bond donors (Lipinski definition) is 3. The van der Waals surface area contributed by atoms with Crippen LogP contribution in [0.1, 0.15) is 22.8 Å². The molecule has 3 N–H and O–H groups in total. The third-order valence-electron chi connectivity index (χ3n) is 4.33. The summed E-state index contributed by atoms with van der Waals surface area (Å²) in [5.74, 6) is 0.194. The van der Waals surface area contributed by atoms with Gasteiger partial charge in [0.1, 0.15) is 5.75 Å². The number of anilines is 2. The van der Waals surface area contributed by atoms with E-state index in [1.54, 1.807) is 42.5 Å². The zero-order valence-corrected chi connectivity index (χ0v) is 19.8. The van der Waals surface area contributed by atoms with Crippen molar-refractivity contribution < 1.29 is 14.3 Å². The molecule has 0 aliphatic heterocycles. The molecule has 0 radical (unpaired) electrons. The molecular weight excluding hydrogens is 490 g/mol. The van der Waals surface area contributed by atoms with Crippen molar-refractivity contribution in [1.82, 2.24) is 5.32 Å². The van der Waals surface area contributed by atoms with Crippen LogP contribution in [0.3, 0.4) is 0 Å². The number of carbonyl (C=O) groups excluding carboxylic acids is 2. The second kappa shape index (κ2) is 11.4. The summed E-state index contributed by atoms with van der Waals surface area (Å²) >= 11 is 8.66. The number of hydrogen-bond acceptors (Lipinski definition) is 4. The third kappa shape index (κ3) is 6.90. The van der Waals surface area contributed by atoms with Crippen molar-refractivity contribution in [1.29, 1.82) is 0 Å². The van der Waals surface area contributed by atoms with E-state index in [4.69, 9.17) is 17.0 Å². The molecule has 3 aromatic rings. The van der Waals surface area contributed by atoms with Crippen molar-refractivity contribution in [3.8, 4) is 5.75 Å². The zero-order chi connectivity index (χ0) is 22.9. The summed E-state index contributed by atoms with van der Waals surface area (Å²) in [7, 11) is 0. The van der Waals surface area contributed by atoms with Gasteiger partial charge in [-0.15, -0.1) is 0 Å².